The molecular formula is C20H18ClFN4O. The Labute approximate surface area is 161 Å². The van der Waals surface area contributed by atoms with E-state index in [1.807, 2.05) is 32.0 Å². The van der Waals surface area contributed by atoms with Gasteiger partial charge in [-0.05, 0) is 43.2 Å². The highest BCUT2D eigenvalue weighted by atomic mass is 35.5. The molecule has 138 valence electrons. The highest BCUT2D eigenvalue weighted by Crippen LogP contribution is 2.33. The fourth-order valence-corrected chi connectivity index (χ4v) is 3.73. The first kappa shape index (κ1) is 17.5. The van der Waals surface area contributed by atoms with E-state index < -0.39 is 6.17 Å². The zero-order chi connectivity index (χ0) is 19.1. The molecule has 1 atom stereocenters. The number of anilines is 1. The number of halogens is 2. The van der Waals surface area contributed by atoms with Gasteiger partial charge >= 0.3 is 0 Å². The van der Waals surface area contributed by atoms with Gasteiger partial charge in [0.25, 0.3) is 5.91 Å². The zero-order valence-corrected chi connectivity index (χ0v) is 15.6. The van der Waals surface area contributed by atoms with E-state index in [1.54, 1.807) is 16.8 Å². The Morgan fingerprint density at radius 1 is 1.15 bits per heavy atom. The van der Waals surface area contributed by atoms with Crippen molar-refractivity contribution in [1.82, 2.24) is 15.1 Å². The molecule has 3 aromatic rings. The van der Waals surface area contributed by atoms with Crippen LogP contribution in [-0.4, -0.2) is 15.7 Å². The standard InChI is InChI=1S/C20H18ClFN4O/c1-11-4-3-5-15-16(11)20(27)24-19(23-15)17-12(2)25-26(18(17)21)10-13-6-8-14(22)9-7-13/h3-9,19,23H,10H2,1-2H3,(H,24,27)/t19-/m0/s1. The van der Waals surface area contributed by atoms with E-state index in [-0.39, 0.29) is 11.7 Å². The van der Waals surface area contributed by atoms with Gasteiger partial charge in [0.05, 0.1) is 23.4 Å². The van der Waals surface area contributed by atoms with Gasteiger partial charge in [-0.3, -0.25) is 4.79 Å². The van der Waals surface area contributed by atoms with E-state index in [9.17, 15) is 9.18 Å². The lowest BCUT2D eigenvalue weighted by Gasteiger charge is -2.29. The Morgan fingerprint density at radius 3 is 2.63 bits per heavy atom. The fraction of sp³-hybridized carbons (Fsp3) is 0.200. The highest BCUT2D eigenvalue weighted by Gasteiger charge is 2.30. The third kappa shape index (κ3) is 3.17. The van der Waals surface area contributed by atoms with Crippen LogP contribution in [0.15, 0.2) is 42.5 Å². The average molecular weight is 385 g/mol. The second-order valence-corrected chi connectivity index (χ2v) is 6.98. The van der Waals surface area contributed by atoms with Gasteiger partial charge < -0.3 is 10.6 Å². The van der Waals surface area contributed by atoms with Crippen LogP contribution in [0.25, 0.3) is 0 Å². The smallest absolute Gasteiger partial charge is 0.255 e. The summed E-state index contributed by atoms with van der Waals surface area (Å²) in [5.74, 6) is -0.432. The predicted octanol–water partition coefficient (Wildman–Crippen LogP) is 4.19. The number of amides is 1. The molecule has 27 heavy (non-hydrogen) atoms. The van der Waals surface area contributed by atoms with Crippen molar-refractivity contribution in [1.29, 1.82) is 0 Å². The highest BCUT2D eigenvalue weighted by molar-refractivity contribution is 6.30. The molecule has 4 rings (SSSR count). The Kier molecular flexibility index (Phi) is 4.36. The lowest BCUT2D eigenvalue weighted by Crippen LogP contribution is -2.39. The van der Waals surface area contributed by atoms with Gasteiger partial charge in [-0.15, -0.1) is 0 Å². The van der Waals surface area contributed by atoms with Crippen LogP contribution in [0.5, 0.6) is 0 Å². The van der Waals surface area contributed by atoms with Crippen LogP contribution >= 0.6 is 11.6 Å². The molecule has 1 aliphatic rings. The molecule has 0 saturated carbocycles. The summed E-state index contributed by atoms with van der Waals surface area (Å²) in [6, 6.07) is 11.9. The number of nitrogens with zero attached hydrogens (tertiary/aromatic N) is 2. The minimum atomic E-state index is -0.471. The van der Waals surface area contributed by atoms with Gasteiger partial charge in [0.15, 0.2) is 0 Å². The minimum Gasteiger partial charge on any atom is -0.361 e. The van der Waals surface area contributed by atoms with E-state index in [0.29, 0.717) is 17.3 Å². The molecule has 0 fully saturated rings. The van der Waals surface area contributed by atoms with Crippen molar-refractivity contribution in [3.63, 3.8) is 0 Å². The van der Waals surface area contributed by atoms with E-state index in [4.69, 9.17) is 11.6 Å². The lowest BCUT2D eigenvalue weighted by molar-refractivity contribution is 0.0935. The summed E-state index contributed by atoms with van der Waals surface area (Å²) in [5, 5.41) is 11.2. The van der Waals surface area contributed by atoms with Crippen molar-refractivity contribution in [2.24, 2.45) is 0 Å². The largest absolute Gasteiger partial charge is 0.361 e. The van der Waals surface area contributed by atoms with Crippen molar-refractivity contribution in [3.05, 3.63) is 81.4 Å². The topological polar surface area (TPSA) is 59.0 Å². The molecule has 0 aliphatic carbocycles. The summed E-state index contributed by atoms with van der Waals surface area (Å²) in [4.78, 5) is 12.6. The van der Waals surface area contributed by atoms with Gasteiger partial charge in [0.2, 0.25) is 0 Å². The summed E-state index contributed by atoms with van der Waals surface area (Å²) < 4.78 is 14.8. The average Bonchev–Trinajstić information content (AvgIpc) is 2.90. The number of hydrogen-bond donors (Lipinski definition) is 2. The number of aryl methyl sites for hydroxylation is 2. The molecule has 5 nitrogen and oxygen atoms in total. The maximum absolute atomic E-state index is 13.1. The molecule has 0 saturated heterocycles. The molecule has 2 N–H and O–H groups in total. The van der Waals surface area contributed by atoms with E-state index in [1.165, 1.54) is 12.1 Å². The SMILES string of the molecule is Cc1cccc2c1C(=O)N[C@@H](c1c(C)nn(Cc3ccc(F)cc3)c1Cl)N2. The van der Waals surface area contributed by atoms with Gasteiger partial charge in [-0.25, -0.2) is 9.07 Å². The molecule has 0 unspecified atom stereocenters. The number of fused-ring (bicyclic) bond motifs is 1. The number of aromatic nitrogens is 2. The molecule has 1 aromatic heterocycles. The molecule has 0 spiro atoms. The summed E-state index contributed by atoms with van der Waals surface area (Å²) in [5.41, 5.74) is 4.64. The zero-order valence-electron chi connectivity index (χ0n) is 14.9. The molecule has 0 radical (unpaired) electrons. The van der Waals surface area contributed by atoms with Crippen molar-refractivity contribution in [2.45, 2.75) is 26.6 Å². The van der Waals surface area contributed by atoms with Crippen molar-refractivity contribution in [2.75, 3.05) is 5.32 Å². The minimum absolute atomic E-state index is 0.145. The van der Waals surface area contributed by atoms with Gasteiger partial charge in [-0.2, -0.15) is 5.10 Å². The third-order valence-corrected chi connectivity index (χ3v) is 5.12. The first-order chi connectivity index (χ1) is 12.9. The Bertz CT molecular complexity index is 1030. The summed E-state index contributed by atoms with van der Waals surface area (Å²) in [7, 11) is 0. The van der Waals surface area contributed by atoms with Crippen molar-refractivity contribution >= 4 is 23.2 Å². The first-order valence-electron chi connectivity index (χ1n) is 8.58. The fourth-order valence-electron chi connectivity index (χ4n) is 3.39. The maximum Gasteiger partial charge on any atom is 0.255 e. The molecule has 2 heterocycles. The summed E-state index contributed by atoms with van der Waals surface area (Å²) in [6.07, 6.45) is -0.471. The molecule has 1 aliphatic heterocycles. The van der Waals surface area contributed by atoms with Crippen LogP contribution in [0.1, 0.15) is 38.9 Å². The van der Waals surface area contributed by atoms with E-state index in [0.717, 1.165) is 28.1 Å². The summed E-state index contributed by atoms with van der Waals surface area (Å²) in [6.45, 7) is 4.16. The Hall–Kier alpha value is -2.86. The van der Waals surface area contributed by atoms with Crippen molar-refractivity contribution < 1.29 is 9.18 Å². The molecule has 2 aromatic carbocycles. The molecular weight excluding hydrogens is 367 g/mol. The Balaban J connectivity index is 1.66. The number of benzene rings is 2. The van der Waals surface area contributed by atoms with E-state index >= 15 is 0 Å². The van der Waals surface area contributed by atoms with Crippen LogP contribution in [-0.2, 0) is 6.54 Å². The number of hydrogen-bond acceptors (Lipinski definition) is 3. The van der Waals surface area contributed by atoms with Gasteiger partial charge in [0.1, 0.15) is 17.1 Å². The number of carbonyl (C=O) groups is 1. The number of carbonyl (C=O) groups excluding carboxylic acids is 1. The van der Waals surface area contributed by atoms with E-state index in [2.05, 4.69) is 15.7 Å². The second-order valence-electron chi connectivity index (χ2n) is 6.62. The van der Waals surface area contributed by atoms with Crippen LogP contribution in [0, 0.1) is 19.7 Å². The predicted molar refractivity (Wildman–Crippen MR) is 102 cm³/mol. The van der Waals surface area contributed by atoms with Crippen LogP contribution in [0.2, 0.25) is 5.15 Å². The third-order valence-electron chi connectivity index (χ3n) is 4.72. The van der Waals surface area contributed by atoms with Gasteiger partial charge in [-0.1, -0.05) is 35.9 Å². The van der Waals surface area contributed by atoms with Gasteiger partial charge in [0, 0.05) is 5.69 Å². The number of rotatable bonds is 3. The molecule has 0 bridgehead atoms. The second kappa shape index (κ2) is 6.70. The monoisotopic (exact) mass is 384 g/mol. The first-order valence-corrected chi connectivity index (χ1v) is 8.96. The van der Waals surface area contributed by atoms with Crippen LogP contribution in [0.4, 0.5) is 10.1 Å². The molecule has 1 amide bonds. The normalized spacial score (nSPS) is 15.9. The van der Waals surface area contributed by atoms with Crippen LogP contribution < -0.4 is 10.6 Å². The lowest BCUT2D eigenvalue weighted by atomic mass is 10.0. The number of nitrogens with one attached hydrogen (secondary N) is 2. The van der Waals surface area contributed by atoms with Crippen molar-refractivity contribution in [3.8, 4) is 0 Å². The maximum atomic E-state index is 13.1. The Morgan fingerprint density at radius 2 is 1.89 bits per heavy atom. The summed E-state index contributed by atoms with van der Waals surface area (Å²) >= 11 is 6.59. The van der Waals surface area contributed by atoms with Crippen LogP contribution in [0.3, 0.4) is 0 Å². The molecule has 7 heteroatoms. The quantitative estimate of drug-likeness (QED) is 0.711.